The molecule has 0 aliphatic heterocycles. The molecule has 1 heterocycles. The molecule has 0 bridgehead atoms. The van der Waals surface area contributed by atoms with Crippen LogP contribution in [-0.4, -0.2) is 25.4 Å². The van der Waals surface area contributed by atoms with Crippen LogP contribution in [0.15, 0.2) is 28.8 Å². The third-order valence-corrected chi connectivity index (χ3v) is 2.55. The number of hydrogen-bond acceptors (Lipinski definition) is 4. The van der Waals surface area contributed by atoms with Crippen LogP contribution in [0.2, 0.25) is 0 Å². The Bertz CT molecular complexity index is 543. The predicted molar refractivity (Wildman–Crippen MR) is 65.4 cm³/mol. The number of ether oxygens (including phenoxy) is 1. The van der Waals surface area contributed by atoms with Crippen molar-refractivity contribution in [3.8, 4) is 11.3 Å². The summed E-state index contributed by atoms with van der Waals surface area (Å²) in [6, 6.07) is 5.27. The molecule has 1 aromatic carbocycles. The van der Waals surface area contributed by atoms with E-state index in [9.17, 15) is 8.78 Å². The number of hydrogen-bond donors (Lipinski definition) is 1. The molecule has 6 heteroatoms. The van der Waals surface area contributed by atoms with Crippen LogP contribution in [0.3, 0.4) is 0 Å². The molecule has 0 amide bonds. The molecule has 19 heavy (non-hydrogen) atoms. The van der Waals surface area contributed by atoms with Gasteiger partial charge in [0, 0.05) is 31.8 Å². The van der Waals surface area contributed by atoms with E-state index in [1.165, 1.54) is 6.07 Å². The lowest BCUT2D eigenvalue weighted by atomic mass is 10.1. The summed E-state index contributed by atoms with van der Waals surface area (Å²) in [5, 5.41) is 6.95. The quantitative estimate of drug-likeness (QED) is 0.817. The summed E-state index contributed by atoms with van der Waals surface area (Å²) >= 11 is 0. The molecule has 0 aliphatic carbocycles. The van der Waals surface area contributed by atoms with Gasteiger partial charge in [0.2, 0.25) is 0 Å². The van der Waals surface area contributed by atoms with E-state index in [0.717, 1.165) is 12.1 Å². The summed E-state index contributed by atoms with van der Waals surface area (Å²) in [5.74, 6) is -1.39. The normalized spacial score (nSPS) is 10.9. The SMILES string of the molecule is COCCNCc1cc(-c2ccc(F)c(F)c2)on1. The molecule has 0 radical (unpaired) electrons. The van der Waals surface area contributed by atoms with Crippen molar-refractivity contribution in [3.05, 3.63) is 41.6 Å². The summed E-state index contributed by atoms with van der Waals surface area (Å²) in [5.41, 5.74) is 1.14. The van der Waals surface area contributed by atoms with Gasteiger partial charge in [0.15, 0.2) is 17.4 Å². The second-order valence-electron chi connectivity index (χ2n) is 3.98. The zero-order chi connectivity index (χ0) is 13.7. The van der Waals surface area contributed by atoms with E-state index in [2.05, 4.69) is 10.5 Å². The zero-order valence-electron chi connectivity index (χ0n) is 10.5. The lowest BCUT2D eigenvalue weighted by Gasteiger charge is -1.99. The van der Waals surface area contributed by atoms with Gasteiger partial charge >= 0.3 is 0 Å². The van der Waals surface area contributed by atoms with E-state index in [1.807, 2.05) is 0 Å². The highest BCUT2D eigenvalue weighted by atomic mass is 19.2. The van der Waals surface area contributed by atoms with Crippen molar-refractivity contribution in [2.75, 3.05) is 20.3 Å². The minimum absolute atomic E-state index is 0.405. The Hall–Kier alpha value is -1.79. The van der Waals surface area contributed by atoms with Gasteiger partial charge in [0.25, 0.3) is 0 Å². The van der Waals surface area contributed by atoms with Crippen LogP contribution in [0.25, 0.3) is 11.3 Å². The van der Waals surface area contributed by atoms with Crippen LogP contribution in [0.5, 0.6) is 0 Å². The first-order valence-corrected chi connectivity index (χ1v) is 5.81. The zero-order valence-corrected chi connectivity index (χ0v) is 10.5. The first-order valence-electron chi connectivity index (χ1n) is 5.81. The van der Waals surface area contributed by atoms with Gasteiger partial charge in [-0.2, -0.15) is 0 Å². The fourth-order valence-corrected chi connectivity index (χ4v) is 1.57. The number of methoxy groups -OCH3 is 1. The van der Waals surface area contributed by atoms with Gasteiger partial charge in [-0.3, -0.25) is 0 Å². The summed E-state index contributed by atoms with van der Waals surface area (Å²) in [6.45, 7) is 1.83. The topological polar surface area (TPSA) is 47.3 Å². The molecule has 0 unspecified atom stereocenters. The maximum absolute atomic E-state index is 13.1. The summed E-state index contributed by atoms with van der Waals surface area (Å²) in [4.78, 5) is 0. The van der Waals surface area contributed by atoms with E-state index in [-0.39, 0.29) is 0 Å². The van der Waals surface area contributed by atoms with Gasteiger partial charge in [0.05, 0.1) is 12.3 Å². The van der Waals surface area contributed by atoms with Crippen LogP contribution in [0.4, 0.5) is 8.78 Å². The van der Waals surface area contributed by atoms with Crippen LogP contribution in [0, 0.1) is 11.6 Å². The minimum Gasteiger partial charge on any atom is -0.383 e. The Labute approximate surface area is 109 Å². The monoisotopic (exact) mass is 268 g/mol. The molecule has 0 saturated heterocycles. The Kier molecular flexibility index (Phi) is 4.59. The highest BCUT2D eigenvalue weighted by molar-refractivity contribution is 5.57. The van der Waals surface area contributed by atoms with E-state index in [1.54, 1.807) is 13.2 Å². The lowest BCUT2D eigenvalue weighted by Crippen LogP contribution is -2.18. The number of halogens is 2. The number of benzene rings is 1. The van der Waals surface area contributed by atoms with Crippen molar-refractivity contribution < 1.29 is 18.0 Å². The van der Waals surface area contributed by atoms with Crippen molar-refractivity contribution in [3.63, 3.8) is 0 Å². The van der Waals surface area contributed by atoms with E-state index in [4.69, 9.17) is 9.26 Å². The second-order valence-corrected chi connectivity index (χ2v) is 3.98. The largest absolute Gasteiger partial charge is 0.383 e. The van der Waals surface area contributed by atoms with Gasteiger partial charge in [-0.05, 0) is 18.2 Å². The molecular formula is C13H14F2N2O2. The maximum atomic E-state index is 13.1. The number of nitrogens with one attached hydrogen (secondary N) is 1. The van der Waals surface area contributed by atoms with E-state index < -0.39 is 11.6 Å². The molecule has 102 valence electrons. The fraction of sp³-hybridized carbons (Fsp3) is 0.308. The van der Waals surface area contributed by atoms with Gasteiger partial charge in [-0.1, -0.05) is 5.16 Å². The van der Waals surface area contributed by atoms with E-state index in [0.29, 0.717) is 36.7 Å². The molecule has 2 rings (SSSR count). The van der Waals surface area contributed by atoms with Crippen molar-refractivity contribution in [1.82, 2.24) is 10.5 Å². The van der Waals surface area contributed by atoms with Crippen LogP contribution in [-0.2, 0) is 11.3 Å². The van der Waals surface area contributed by atoms with Crippen molar-refractivity contribution in [1.29, 1.82) is 0 Å². The molecule has 2 aromatic rings. The fourth-order valence-electron chi connectivity index (χ4n) is 1.57. The molecule has 0 saturated carbocycles. The van der Waals surface area contributed by atoms with Gasteiger partial charge in [-0.25, -0.2) is 8.78 Å². The number of rotatable bonds is 6. The van der Waals surface area contributed by atoms with Crippen molar-refractivity contribution >= 4 is 0 Å². The average Bonchev–Trinajstić information content (AvgIpc) is 2.87. The number of nitrogens with zero attached hydrogens (tertiary/aromatic N) is 1. The average molecular weight is 268 g/mol. The highest BCUT2D eigenvalue weighted by Gasteiger charge is 2.09. The Morgan fingerprint density at radius 3 is 2.84 bits per heavy atom. The molecule has 0 atom stereocenters. The number of aromatic nitrogens is 1. The van der Waals surface area contributed by atoms with Gasteiger partial charge in [-0.15, -0.1) is 0 Å². The lowest BCUT2D eigenvalue weighted by molar-refractivity contribution is 0.199. The van der Waals surface area contributed by atoms with Crippen LogP contribution < -0.4 is 5.32 Å². The molecule has 0 spiro atoms. The first-order chi connectivity index (χ1) is 9.20. The summed E-state index contributed by atoms with van der Waals surface area (Å²) < 4.78 is 35.9. The Morgan fingerprint density at radius 1 is 1.26 bits per heavy atom. The first kappa shape index (κ1) is 13.6. The van der Waals surface area contributed by atoms with E-state index >= 15 is 0 Å². The smallest absolute Gasteiger partial charge is 0.167 e. The third-order valence-electron chi connectivity index (χ3n) is 2.55. The highest BCUT2D eigenvalue weighted by Crippen LogP contribution is 2.22. The van der Waals surface area contributed by atoms with Gasteiger partial charge < -0.3 is 14.6 Å². The minimum atomic E-state index is -0.909. The molecule has 1 N–H and O–H groups in total. The van der Waals surface area contributed by atoms with Crippen LogP contribution in [0.1, 0.15) is 5.69 Å². The van der Waals surface area contributed by atoms with Crippen molar-refractivity contribution in [2.45, 2.75) is 6.54 Å². The van der Waals surface area contributed by atoms with Gasteiger partial charge in [0.1, 0.15) is 0 Å². The third kappa shape index (κ3) is 3.59. The van der Waals surface area contributed by atoms with Crippen molar-refractivity contribution in [2.24, 2.45) is 0 Å². The Morgan fingerprint density at radius 2 is 2.11 bits per heavy atom. The standard InChI is InChI=1S/C13H14F2N2O2/c1-18-5-4-16-8-10-7-13(19-17-10)9-2-3-11(14)12(15)6-9/h2-3,6-7,16H,4-5,8H2,1H3. The Balaban J connectivity index is 2.01. The molecule has 0 fully saturated rings. The van der Waals surface area contributed by atoms with Crippen LogP contribution >= 0.6 is 0 Å². The molecule has 0 aliphatic rings. The summed E-state index contributed by atoms with van der Waals surface area (Å²) in [7, 11) is 1.62. The molecule has 1 aromatic heterocycles. The predicted octanol–water partition coefficient (Wildman–Crippen LogP) is 2.36. The second kappa shape index (κ2) is 6.40. The molecular weight excluding hydrogens is 254 g/mol. The summed E-state index contributed by atoms with van der Waals surface area (Å²) in [6.07, 6.45) is 0. The maximum Gasteiger partial charge on any atom is 0.167 e. The molecule has 4 nitrogen and oxygen atoms in total.